The largest absolute Gasteiger partial charge is 0.306 e. The number of nitrogens with one attached hydrogen (secondary N) is 1. The number of rotatable bonds is 1. The fraction of sp³-hybridized carbons (Fsp3) is 0.778. The zero-order valence-electron chi connectivity index (χ0n) is 8.20. The summed E-state index contributed by atoms with van der Waals surface area (Å²) in [4.78, 5) is 0. The van der Waals surface area contributed by atoms with E-state index >= 15 is 0 Å². The minimum Gasteiger partial charge on any atom is -0.306 e. The van der Waals surface area contributed by atoms with Gasteiger partial charge in [0.25, 0.3) is 0 Å². The monoisotopic (exact) mass is 180 g/mol. The van der Waals surface area contributed by atoms with Crippen molar-refractivity contribution >= 4 is 0 Å². The minimum atomic E-state index is 0.414. The van der Waals surface area contributed by atoms with Crippen molar-refractivity contribution in [3.8, 4) is 0 Å². The van der Waals surface area contributed by atoms with E-state index in [2.05, 4.69) is 22.6 Å². The molecule has 0 aromatic carbocycles. The summed E-state index contributed by atoms with van der Waals surface area (Å²) in [7, 11) is 1.91. The summed E-state index contributed by atoms with van der Waals surface area (Å²) < 4.78 is 1.76. The van der Waals surface area contributed by atoms with Crippen LogP contribution >= 0.6 is 0 Å². The molecule has 0 saturated carbocycles. The van der Waals surface area contributed by atoms with Crippen molar-refractivity contribution in [2.45, 2.75) is 38.3 Å². The molecule has 1 saturated heterocycles. The Morgan fingerprint density at radius 2 is 2.38 bits per heavy atom. The van der Waals surface area contributed by atoms with Gasteiger partial charge in [0.2, 0.25) is 0 Å². The highest BCUT2D eigenvalue weighted by Crippen LogP contribution is 2.23. The number of nitrogens with zero attached hydrogens (tertiary/aromatic N) is 3. The molecule has 2 atom stereocenters. The van der Waals surface area contributed by atoms with E-state index in [1.807, 2.05) is 13.2 Å². The lowest BCUT2D eigenvalue weighted by atomic mass is 9.98. The molecule has 1 aliphatic rings. The quantitative estimate of drug-likeness (QED) is 0.701. The first-order chi connectivity index (χ1) is 6.25. The standard InChI is InChI=1S/C9H16N4/c1-7-4-3-5-8(10-7)9-6-13(2)12-11-9/h6-8,10H,3-5H2,1-2H3. The Labute approximate surface area is 78.3 Å². The van der Waals surface area contributed by atoms with Gasteiger partial charge in [-0.1, -0.05) is 5.21 Å². The van der Waals surface area contributed by atoms with Gasteiger partial charge < -0.3 is 5.32 Å². The van der Waals surface area contributed by atoms with Gasteiger partial charge >= 0.3 is 0 Å². The van der Waals surface area contributed by atoms with Crippen molar-refractivity contribution in [1.29, 1.82) is 0 Å². The zero-order valence-corrected chi connectivity index (χ0v) is 8.20. The molecular weight excluding hydrogens is 164 g/mol. The van der Waals surface area contributed by atoms with Crippen molar-refractivity contribution in [3.63, 3.8) is 0 Å². The lowest BCUT2D eigenvalue weighted by Gasteiger charge is -2.27. The molecule has 72 valence electrons. The predicted molar refractivity (Wildman–Crippen MR) is 50.2 cm³/mol. The first-order valence-electron chi connectivity index (χ1n) is 4.88. The Kier molecular flexibility index (Phi) is 2.31. The fourth-order valence-electron chi connectivity index (χ4n) is 1.90. The maximum atomic E-state index is 4.12. The second-order valence-electron chi connectivity index (χ2n) is 3.87. The Morgan fingerprint density at radius 1 is 1.54 bits per heavy atom. The third-order valence-electron chi connectivity index (χ3n) is 2.59. The number of hydrogen-bond donors (Lipinski definition) is 1. The SMILES string of the molecule is CC1CCCC(c2cn(C)nn2)N1. The van der Waals surface area contributed by atoms with Crippen LogP contribution in [0.5, 0.6) is 0 Å². The van der Waals surface area contributed by atoms with Gasteiger partial charge in [0.15, 0.2) is 0 Å². The molecule has 0 amide bonds. The highest BCUT2D eigenvalue weighted by molar-refractivity contribution is 5.02. The van der Waals surface area contributed by atoms with Crippen molar-refractivity contribution in [1.82, 2.24) is 20.3 Å². The molecule has 0 radical (unpaired) electrons. The van der Waals surface area contributed by atoms with Crippen LogP contribution in [0.4, 0.5) is 0 Å². The molecule has 1 aromatic heterocycles. The van der Waals surface area contributed by atoms with Crippen LogP contribution < -0.4 is 5.32 Å². The molecule has 4 nitrogen and oxygen atoms in total. The van der Waals surface area contributed by atoms with E-state index in [-0.39, 0.29) is 0 Å². The third kappa shape index (κ3) is 1.88. The second kappa shape index (κ2) is 3.46. The Bertz CT molecular complexity index is 281. The van der Waals surface area contributed by atoms with E-state index < -0.39 is 0 Å². The molecule has 2 heterocycles. The zero-order chi connectivity index (χ0) is 9.26. The van der Waals surface area contributed by atoms with Crippen LogP contribution in [0, 0.1) is 0 Å². The van der Waals surface area contributed by atoms with Crippen molar-refractivity contribution < 1.29 is 0 Å². The molecular formula is C9H16N4. The molecule has 0 spiro atoms. The second-order valence-corrected chi connectivity index (χ2v) is 3.87. The predicted octanol–water partition coefficient (Wildman–Crippen LogP) is 1.02. The maximum absolute atomic E-state index is 4.12. The lowest BCUT2D eigenvalue weighted by molar-refractivity contribution is 0.336. The number of aryl methyl sites for hydroxylation is 1. The highest BCUT2D eigenvalue weighted by Gasteiger charge is 2.21. The summed E-state index contributed by atoms with van der Waals surface area (Å²) in [6, 6.07) is 1.03. The lowest BCUT2D eigenvalue weighted by Crippen LogP contribution is -2.34. The van der Waals surface area contributed by atoms with E-state index in [1.54, 1.807) is 4.68 Å². The topological polar surface area (TPSA) is 42.7 Å². The van der Waals surface area contributed by atoms with Gasteiger partial charge in [-0.2, -0.15) is 0 Å². The van der Waals surface area contributed by atoms with Crippen LogP contribution in [0.25, 0.3) is 0 Å². The summed E-state index contributed by atoms with van der Waals surface area (Å²) in [6.07, 6.45) is 5.74. The number of aromatic nitrogens is 3. The minimum absolute atomic E-state index is 0.414. The van der Waals surface area contributed by atoms with Gasteiger partial charge in [0.1, 0.15) is 0 Å². The van der Waals surface area contributed by atoms with E-state index in [0.717, 1.165) is 5.69 Å². The first kappa shape index (κ1) is 8.69. The van der Waals surface area contributed by atoms with E-state index in [1.165, 1.54) is 19.3 Å². The van der Waals surface area contributed by atoms with Crippen molar-refractivity contribution in [2.75, 3.05) is 0 Å². The molecule has 2 rings (SSSR count). The number of hydrogen-bond acceptors (Lipinski definition) is 3. The van der Waals surface area contributed by atoms with E-state index in [9.17, 15) is 0 Å². The Balaban J connectivity index is 2.08. The normalized spacial score (nSPS) is 29.1. The fourth-order valence-corrected chi connectivity index (χ4v) is 1.90. The van der Waals surface area contributed by atoms with Gasteiger partial charge in [-0.05, 0) is 26.2 Å². The van der Waals surface area contributed by atoms with Crippen molar-refractivity contribution in [3.05, 3.63) is 11.9 Å². The van der Waals surface area contributed by atoms with Gasteiger partial charge in [0, 0.05) is 19.3 Å². The van der Waals surface area contributed by atoms with Gasteiger partial charge in [0.05, 0.1) is 11.7 Å². The molecule has 0 aliphatic carbocycles. The molecule has 2 unspecified atom stereocenters. The Morgan fingerprint density at radius 3 is 3.00 bits per heavy atom. The molecule has 13 heavy (non-hydrogen) atoms. The molecule has 4 heteroatoms. The molecule has 0 bridgehead atoms. The van der Waals surface area contributed by atoms with Crippen LogP contribution in [0.3, 0.4) is 0 Å². The van der Waals surface area contributed by atoms with Crippen molar-refractivity contribution in [2.24, 2.45) is 7.05 Å². The van der Waals surface area contributed by atoms with Crippen LogP contribution in [-0.4, -0.2) is 21.0 Å². The third-order valence-corrected chi connectivity index (χ3v) is 2.59. The summed E-state index contributed by atoms with van der Waals surface area (Å²) in [5, 5.41) is 11.6. The molecule has 1 fully saturated rings. The highest BCUT2D eigenvalue weighted by atomic mass is 15.4. The first-order valence-corrected chi connectivity index (χ1v) is 4.88. The number of piperidine rings is 1. The van der Waals surface area contributed by atoms with E-state index in [0.29, 0.717) is 12.1 Å². The van der Waals surface area contributed by atoms with Gasteiger partial charge in [-0.25, -0.2) is 0 Å². The summed E-state index contributed by atoms with van der Waals surface area (Å²) in [5.74, 6) is 0. The molecule has 1 N–H and O–H groups in total. The van der Waals surface area contributed by atoms with Gasteiger partial charge in [-0.3, -0.25) is 4.68 Å². The molecule has 1 aliphatic heterocycles. The van der Waals surface area contributed by atoms with E-state index in [4.69, 9.17) is 0 Å². The maximum Gasteiger partial charge on any atom is 0.0996 e. The van der Waals surface area contributed by atoms with Gasteiger partial charge in [-0.15, -0.1) is 5.10 Å². The summed E-state index contributed by atoms with van der Waals surface area (Å²) in [5.41, 5.74) is 1.08. The van der Waals surface area contributed by atoms with Crippen LogP contribution in [-0.2, 0) is 7.05 Å². The summed E-state index contributed by atoms with van der Waals surface area (Å²) in [6.45, 7) is 2.22. The van der Waals surface area contributed by atoms with Crippen LogP contribution in [0.2, 0.25) is 0 Å². The Hall–Kier alpha value is -0.900. The average molecular weight is 180 g/mol. The molecule has 1 aromatic rings. The summed E-state index contributed by atoms with van der Waals surface area (Å²) >= 11 is 0. The average Bonchev–Trinajstić information content (AvgIpc) is 2.52. The van der Waals surface area contributed by atoms with Crippen LogP contribution in [0.1, 0.15) is 37.9 Å². The smallest absolute Gasteiger partial charge is 0.0996 e. The van der Waals surface area contributed by atoms with Crippen LogP contribution in [0.15, 0.2) is 6.20 Å².